The first-order valence-corrected chi connectivity index (χ1v) is 5.87. The second-order valence-corrected chi connectivity index (χ2v) is 4.39. The van der Waals surface area contributed by atoms with Crippen LogP contribution in [0.1, 0.15) is 16.8 Å². The van der Waals surface area contributed by atoms with Gasteiger partial charge in [0.25, 0.3) is 5.88 Å². The van der Waals surface area contributed by atoms with Crippen molar-refractivity contribution in [3.8, 4) is 17.7 Å². The molecule has 0 saturated heterocycles. The lowest BCUT2D eigenvalue weighted by Crippen LogP contribution is -2.00. The Morgan fingerprint density at radius 1 is 1.32 bits per heavy atom. The van der Waals surface area contributed by atoms with Crippen LogP contribution in [0.15, 0.2) is 18.2 Å². The molecule has 96 valence electrons. The van der Waals surface area contributed by atoms with Crippen LogP contribution in [0, 0.1) is 25.2 Å². The van der Waals surface area contributed by atoms with E-state index in [2.05, 4.69) is 16.3 Å². The summed E-state index contributed by atoms with van der Waals surface area (Å²) in [7, 11) is 0. The highest BCUT2D eigenvalue weighted by atomic mass is 35.5. The van der Waals surface area contributed by atoms with E-state index in [1.165, 1.54) is 0 Å². The van der Waals surface area contributed by atoms with Gasteiger partial charge in [-0.2, -0.15) is 10.4 Å². The SMILES string of the molecule is Cc1nnc(Oc2ccc(N)c(Cl)c2)c(C#N)c1C. The van der Waals surface area contributed by atoms with Crippen molar-refractivity contribution in [1.29, 1.82) is 5.26 Å². The van der Waals surface area contributed by atoms with Crippen LogP contribution in [0.25, 0.3) is 0 Å². The van der Waals surface area contributed by atoms with Gasteiger partial charge < -0.3 is 10.5 Å². The smallest absolute Gasteiger partial charge is 0.257 e. The first kappa shape index (κ1) is 13.1. The molecule has 0 aliphatic rings. The lowest BCUT2D eigenvalue weighted by molar-refractivity contribution is 0.452. The number of nitrogens with two attached hydrogens (primary N) is 1. The van der Waals surface area contributed by atoms with E-state index in [9.17, 15) is 0 Å². The molecule has 0 atom stereocenters. The van der Waals surface area contributed by atoms with E-state index < -0.39 is 0 Å². The van der Waals surface area contributed by atoms with Crippen LogP contribution in [0.5, 0.6) is 11.6 Å². The largest absolute Gasteiger partial charge is 0.436 e. The number of ether oxygens (including phenoxy) is 1. The third-order valence-corrected chi connectivity index (χ3v) is 3.05. The van der Waals surface area contributed by atoms with Gasteiger partial charge in [0.05, 0.1) is 16.4 Å². The van der Waals surface area contributed by atoms with Gasteiger partial charge in [-0.3, -0.25) is 0 Å². The fraction of sp³-hybridized carbons (Fsp3) is 0.154. The van der Waals surface area contributed by atoms with Gasteiger partial charge in [-0.25, -0.2) is 0 Å². The lowest BCUT2D eigenvalue weighted by Gasteiger charge is -2.09. The molecule has 5 nitrogen and oxygen atoms in total. The number of nitrogen functional groups attached to an aromatic ring is 1. The van der Waals surface area contributed by atoms with E-state index in [0.717, 1.165) is 5.56 Å². The predicted molar refractivity (Wildman–Crippen MR) is 72.2 cm³/mol. The molecule has 0 spiro atoms. The number of hydrogen-bond acceptors (Lipinski definition) is 5. The van der Waals surface area contributed by atoms with Gasteiger partial charge in [0.2, 0.25) is 0 Å². The van der Waals surface area contributed by atoms with Gasteiger partial charge in [-0.15, -0.1) is 5.10 Å². The first-order valence-electron chi connectivity index (χ1n) is 5.49. The minimum absolute atomic E-state index is 0.159. The van der Waals surface area contributed by atoms with Crippen LogP contribution in [-0.2, 0) is 0 Å². The van der Waals surface area contributed by atoms with Crippen molar-refractivity contribution in [3.63, 3.8) is 0 Å². The van der Waals surface area contributed by atoms with E-state index in [1.807, 2.05) is 0 Å². The number of hydrogen-bond donors (Lipinski definition) is 1. The van der Waals surface area contributed by atoms with E-state index >= 15 is 0 Å². The normalized spacial score (nSPS) is 10.0. The topological polar surface area (TPSA) is 84.8 Å². The second-order valence-electron chi connectivity index (χ2n) is 3.99. The monoisotopic (exact) mass is 274 g/mol. The maximum atomic E-state index is 9.16. The summed E-state index contributed by atoms with van der Waals surface area (Å²) in [6.07, 6.45) is 0. The quantitative estimate of drug-likeness (QED) is 0.851. The summed E-state index contributed by atoms with van der Waals surface area (Å²) in [5.74, 6) is 0.611. The van der Waals surface area contributed by atoms with Gasteiger partial charge in [-0.05, 0) is 31.5 Å². The number of nitriles is 1. The molecule has 2 N–H and O–H groups in total. The lowest BCUT2D eigenvalue weighted by atomic mass is 10.1. The molecule has 0 aliphatic carbocycles. The minimum Gasteiger partial charge on any atom is -0.436 e. The summed E-state index contributed by atoms with van der Waals surface area (Å²) >= 11 is 5.90. The molecule has 2 aromatic rings. The maximum absolute atomic E-state index is 9.16. The van der Waals surface area contributed by atoms with Crippen LogP contribution >= 0.6 is 11.6 Å². The molecule has 2 rings (SSSR count). The summed E-state index contributed by atoms with van der Waals surface area (Å²) in [6.45, 7) is 3.58. The Balaban J connectivity index is 2.41. The minimum atomic E-state index is 0.159. The Bertz CT molecular complexity index is 679. The van der Waals surface area contributed by atoms with Crippen molar-refractivity contribution in [3.05, 3.63) is 40.0 Å². The molecule has 6 heteroatoms. The number of aromatic nitrogens is 2. The van der Waals surface area contributed by atoms with Crippen LogP contribution in [0.4, 0.5) is 5.69 Å². The van der Waals surface area contributed by atoms with Crippen LogP contribution in [-0.4, -0.2) is 10.2 Å². The van der Waals surface area contributed by atoms with Gasteiger partial charge >= 0.3 is 0 Å². The van der Waals surface area contributed by atoms with Crippen molar-refractivity contribution in [2.24, 2.45) is 0 Å². The molecule has 0 fully saturated rings. The number of halogens is 1. The molecule has 0 amide bonds. The fourth-order valence-corrected chi connectivity index (χ4v) is 1.64. The molecular formula is C13H11ClN4O. The van der Waals surface area contributed by atoms with Gasteiger partial charge in [0, 0.05) is 6.07 Å². The Morgan fingerprint density at radius 2 is 2.05 bits per heavy atom. The number of anilines is 1. The number of aryl methyl sites for hydroxylation is 1. The molecule has 1 aromatic carbocycles. The van der Waals surface area contributed by atoms with Crippen molar-refractivity contribution in [2.75, 3.05) is 5.73 Å². The third-order valence-electron chi connectivity index (χ3n) is 2.72. The third kappa shape index (κ3) is 2.59. The maximum Gasteiger partial charge on any atom is 0.257 e. The highest BCUT2D eigenvalue weighted by Crippen LogP contribution is 2.29. The molecule has 0 saturated carbocycles. The molecule has 0 aliphatic heterocycles. The van der Waals surface area contributed by atoms with Gasteiger partial charge in [-0.1, -0.05) is 11.6 Å². The first-order chi connectivity index (χ1) is 9.02. The van der Waals surface area contributed by atoms with Crippen LogP contribution in [0.2, 0.25) is 5.02 Å². The zero-order valence-electron chi connectivity index (χ0n) is 10.4. The molecule has 1 aromatic heterocycles. The second kappa shape index (κ2) is 5.12. The van der Waals surface area contributed by atoms with Crippen LogP contribution in [0.3, 0.4) is 0 Å². The Morgan fingerprint density at radius 3 is 2.68 bits per heavy atom. The van der Waals surface area contributed by atoms with E-state index in [4.69, 9.17) is 27.3 Å². The average Bonchev–Trinajstić information content (AvgIpc) is 2.39. The Kier molecular flexibility index (Phi) is 3.54. The Hall–Kier alpha value is -2.32. The number of benzene rings is 1. The summed E-state index contributed by atoms with van der Waals surface area (Å²) in [4.78, 5) is 0. The number of nitrogens with zero attached hydrogens (tertiary/aromatic N) is 3. The highest BCUT2D eigenvalue weighted by molar-refractivity contribution is 6.33. The van der Waals surface area contributed by atoms with E-state index in [0.29, 0.717) is 27.7 Å². The van der Waals surface area contributed by atoms with E-state index in [-0.39, 0.29) is 5.88 Å². The predicted octanol–water partition coefficient (Wildman–Crippen LogP) is 2.99. The van der Waals surface area contributed by atoms with Gasteiger partial charge in [0.1, 0.15) is 17.4 Å². The molecule has 0 bridgehead atoms. The highest BCUT2D eigenvalue weighted by Gasteiger charge is 2.13. The van der Waals surface area contributed by atoms with Crippen molar-refractivity contribution in [2.45, 2.75) is 13.8 Å². The molecular weight excluding hydrogens is 264 g/mol. The zero-order valence-corrected chi connectivity index (χ0v) is 11.2. The summed E-state index contributed by atoms with van der Waals surface area (Å²) < 4.78 is 5.54. The summed E-state index contributed by atoms with van der Waals surface area (Å²) in [5.41, 5.74) is 7.87. The van der Waals surface area contributed by atoms with Gasteiger partial charge in [0.15, 0.2) is 0 Å². The molecule has 0 radical (unpaired) electrons. The number of rotatable bonds is 2. The molecule has 1 heterocycles. The standard InChI is InChI=1S/C13H11ClN4O/c1-7-8(2)17-18-13(10(7)6-15)19-9-3-4-12(16)11(14)5-9/h3-5H,16H2,1-2H3. The van der Waals surface area contributed by atoms with Crippen LogP contribution < -0.4 is 10.5 Å². The van der Waals surface area contributed by atoms with Crippen molar-refractivity contribution < 1.29 is 4.74 Å². The van der Waals surface area contributed by atoms with Crippen molar-refractivity contribution in [1.82, 2.24) is 10.2 Å². The summed E-state index contributed by atoms with van der Waals surface area (Å²) in [5, 5.41) is 17.4. The Labute approximate surface area is 115 Å². The fourth-order valence-electron chi connectivity index (χ4n) is 1.47. The van der Waals surface area contributed by atoms with E-state index in [1.54, 1.807) is 32.0 Å². The summed E-state index contributed by atoms with van der Waals surface area (Å²) in [6, 6.07) is 6.91. The molecule has 0 unspecified atom stereocenters. The zero-order chi connectivity index (χ0) is 14.0. The van der Waals surface area contributed by atoms with Crippen molar-refractivity contribution >= 4 is 17.3 Å². The molecule has 19 heavy (non-hydrogen) atoms. The average molecular weight is 275 g/mol.